The van der Waals surface area contributed by atoms with Crippen LogP contribution in [0.5, 0.6) is 0 Å². The molecule has 2 N–H and O–H groups in total. The van der Waals surface area contributed by atoms with E-state index in [1.165, 1.54) is 24.0 Å². The van der Waals surface area contributed by atoms with Crippen molar-refractivity contribution in [1.82, 2.24) is 4.37 Å². The number of aryl methyl sites for hydroxylation is 1. The molecular weight excluding hydrogens is 158 g/mol. The third-order valence-electron chi connectivity index (χ3n) is 1.44. The number of hydrogen-bond donors (Lipinski definition) is 2. The van der Waals surface area contributed by atoms with Crippen LogP contribution in [-0.2, 0) is 6.42 Å². The van der Waals surface area contributed by atoms with Crippen LogP contribution in [-0.4, -0.2) is 16.8 Å². The Morgan fingerprint density at radius 2 is 2.18 bits per heavy atom. The van der Waals surface area contributed by atoms with E-state index in [2.05, 4.69) is 4.37 Å². The molecule has 0 aliphatic carbocycles. The van der Waals surface area contributed by atoms with Gasteiger partial charge in [0, 0.05) is 18.0 Å². The molecule has 0 unspecified atom stereocenters. The molecule has 0 aliphatic heterocycles. The zero-order valence-corrected chi connectivity index (χ0v) is 7.03. The van der Waals surface area contributed by atoms with Gasteiger partial charge in [-0.05, 0) is 18.0 Å². The van der Waals surface area contributed by atoms with Gasteiger partial charge in [0.25, 0.3) is 0 Å². The molecule has 4 heteroatoms. The van der Waals surface area contributed by atoms with Crippen LogP contribution in [0.1, 0.15) is 23.1 Å². The van der Waals surface area contributed by atoms with Gasteiger partial charge in [0.15, 0.2) is 0 Å². The minimum atomic E-state index is 0.775. The summed E-state index contributed by atoms with van der Waals surface area (Å²) >= 11 is 1.28. The standard InChI is InChI=1S/C7H9N3S/c1-2-6-5(3-8)7(4-9)11-10-6/h3-4,8-9H,2H2,1H3. The normalized spacial score (nSPS) is 9.55. The van der Waals surface area contributed by atoms with Crippen LogP contribution in [0.4, 0.5) is 0 Å². The molecule has 58 valence electrons. The summed E-state index contributed by atoms with van der Waals surface area (Å²) in [5, 5.41) is 14.1. The number of hydrogen-bond acceptors (Lipinski definition) is 4. The first-order valence-electron chi connectivity index (χ1n) is 3.33. The maximum Gasteiger partial charge on any atom is 0.0743 e. The third-order valence-corrected chi connectivity index (χ3v) is 2.29. The predicted octanol–water partition coefficient (Wildman–Crippen LogP) is 1.70. The molecule has 0 spiro atoms. The van der Waals surface area contributed by atoms with Gasteiger partial charge in [0.05, 0.1) is 10.6 Å². The number of aromatic nitrogens is 1. The molecule has 3 nitrogen and oxygen atoms in total. The molecule has 1 heterocycles. The van der Waals surface area contributed by atoms with Crippen molar-refractivity contribution >= 4 is 24.0 Å². The van der Waals surface area contributed by atoms with E-state index in [0.29, 0.717) is 0 Å². The molecule has 1 rings (SSSR count). The van der Waals surface area contributed by atoms with Crippen molar-refractivity contribution in [2.24, 2.45) is 0 Å². The Bertz CT molecular complexity index is 277. The molecule has 0 bridgehead atoms. The van der Waals surface area contributed by atoms with Gasteiger partial charge in [-0.15, -0.1) is 0 Å². The lowest BCUT2D eigenvalue weighted by molar-refractivity contribution is 1.08. The van der Waals surface area contributed by atoms with E-state index in [-0.39, 0.29) is 0 Å². The van der Waals surface area contributed by atoms with E-state index in [1.807, 2.05) is 6.92 Å². The minimum Gasteiger partial charge on any atom is -0.308 e. The Hall–Kier alpha value is -1.03. The summed E-state index contributed by atoms with van der Waals surface area (Å²) in [6, 6.07) is 0. The fraction of sp³-hybridized carbons (Fsp3) is 0.286. The van der Waals surface area contributed by atoms with Gasteiger partial charge in [0.1, 0.15) is 0 Å². The van der Waals surface area contributed by atoms with Gasteiger partial charge < -0.3 is 10.8 Å². The smallest absolute Gasteiger partial charge is 0.0743 e. The van der Waals surface area contributed by atoms with E-state index < -0.39 is 0 Å². The second-order valence-corrected chi connectivity index (χ2v) is 2.85. The maximum atomic E-state index is 7.09. The first-order valence-corrected chi connectivity index (χ1v) is 4.10. The molecule has 0 radical (unpaired) electrons. The van der Waals surface area contributed by atoms with Crippen LogP contribution in [0.25, 0.3) is 0 Å². The fourth-order valence-electron chi connectivity index (χ4n) is 0.858. The Morgan fingerprint density at radius 3 is 2.64 bits per heavy atom. The van der Waals surface area contributed by atoms with Crippen molar-refractivity contribution in [3.05, 3.63) is 16.1 Å². The van der Waals surface area contributed by atoms with Crippen LogP contribution in [0, 0.1) is 10.8 Å². The van der Waals surface area contributed by atoms with E-state index in [1.54, 1.807) is 0 Å². The van der Waals surface area contributed by atoms with Crippen molar-refractivity contribution in [3.63, 3.8) is 0 Å². The van der Waals surface area contributed by atoms with Crippen LogP contribution >= 0.6 is 11.5 Å². The summed E-state index contributed by atoms with van der Waals surface area (Å²) in [5.41, 5.74) is 1.72. The summed E-state index contributed by atoms with van der Waals surface area (Å²) in [6.07, 6.45) is 3.34. The Labute approximate surface area is 69.3 Å². The van der Waals surface area contributed by atoms with Gasteiger partial charge in [-0.25, -0.2) is 0 Å². The summed E-state index contributed by atoms with van der Waals surface area (Å²) in [4.78, 5) is 0.775. The van der Waals surface area contributed by atoms with Crippen molar-refractivity contribution in [3.8, 4) is 0 Å². The second kappa shape index (κ2) is 3.39. The molecule has 1 aromatic heterocycles. The number of nitrogens with one attached hydrogen (secondary N) is 2. The molecule has 1 aromatic rings. The largest absolute Gasteiger partial charge is 0.308 e. The molecular formula is C7H9N3S. The van der Waals surface area contributed by atoms with Crippen LogP contribution in [0.3, 0.4) is 0 Å². The second-order valence-electron chi connectivity index (χ2n) is 2.05. The van der Waals surface area contributed by atoms with Crippen LogP contribution in [0.2, 0.25) is 0 Å². The third kappa shape index (κ3) is 1.35. The average molecular weight is 167 g/mol. The lowest BCUT2D eigenvalue weighted by atomic mass is 10.2. The topological polar surface area (TPSA) is 60.6 Å². The quantitative estimate of drug-likeness (QED) is 0.661. The summed E-state index contributed by atoms with van der Waals surface area (Å²) in [5.74, 6) is 0. The van der Waals surface area contributed by atoms with Crippen molar-refractivity contribution in [2.45, 2.75) is 13.3 Å². The maximum absolute atomic E-state index is 7.09. The van der Waals surface area contributed by atoms with E-state index >= 15 is 0 Å². The first-order chi connectivity index (χ1) is 5.33. The molecule has 0 saturated heterocycles. The predicted molar refractivity (Wildman–Crippen MR) is 47.3 cm³/mol. The van der Waals surface area contributed by atoms with Crippen molar-refractivity contribution in [1.29, 1.82) is 10.8 Å². The molecule has 11 heavy (non-hydrogen) atoms. The molecule has 0 atom stereocenters. The SMILES string of the molecule is CCc1nsc(C=N)c1C=N. The van der Waals surface area contributed by atoms with Crippen molar-refractivity contribution < 1.29 is 0 Å². The molecule has 0 aromatic carbocycles. The summed E-state index contributed by atoms with van der Waals surface area (Å²) < 4.78 is 4.12. The zero-order valence-electron chi connectivity index (χ0n) is 6.22. The summed E-state index contributed by atoms with van der Waals surface area (Å²) in [7, 11) is 0. The molecule has 0 aliphatic rings. The summed E-state index contributed by atoms with van der Waals surface area (Å²) in [6.45, 7) is 2.00. The van der Waals surface area contributed by atoms with Gasteiger partial charge >= 0.3 is 0 Å². The minimum absolute atomic E-state index is 0.775. The van der Waals surface area contributed by atoms with Crippen molar-refractivity contribution in [2.75, 3.05) is 0 Å². The highest BCUT2D eigenvalue weighted by Crippen LogP contribution is 2.14. The van der Waals surface area contributed by atoms with Gasteiger partial charge in [-0.3, -0.25) is 0 Å². The lowest BCUT2D eigenvalue weighted by Gasteiger charge is -1.90. The average Bonchev–Trinajstić information content (AvgIpc) is 2.45. The fourth-order valence-corrected chi connectivity index (χ4v) is 1.62. The molecule has 0 fully saturated rings. The van der Waals surface area contributed by atoms with E-state index in [4.69, 9.17) is 10.8 Å². The zero-order chi connectivity index (χ0) is 8.27. The van der Waals surface area contributed by atoms with Gasteiger partial charge in [-0.1, -0.05) is 6.92 Å². The van der Waals surface area contributed by atoms with Crippen LogP contribution in [0.15, 0.2) is 0 Å². The molecule has 0 amide bonds. The number of rotatable bonds is 3. The highest BCUT2D eigenvalue weighted by molar-refractivity contribution is 7.08. The lowest BCUT2D eigenvalue weighted by Crippen LogP contribution is -1.89. The first kappa shape index (κ1) is 8.07. The van der Waals surface area contributed by atoms with Crippen LogP contribution < -0.4 is 0 Å². The monoisotopic (exact) mass is 167 g/mol. The van der Waals surface area contributed by atoms with E-state index in [9.17, 15) is 0 Å². The van der Waals surface area contributed by atoms with Gasteiger partial charge in [-0.2, -0.15) is 4.37 Å². The molecule has 0 saturated carbocycles. The van der Waals surface area contributed by atoms with E-state index in [0.717, 1.165) is 22.6 Å². The highest BCUT2D eigenvalue weighted by atomic mass is 32.1. The highest BCUT2D eigenvalue weighted by Gasteiger charge is 2.06. The number of nitrogens with zero attached hydrogens (tertiary/aromatic N) is 1. The van der Waals surface area contributed by atoms with Gasteiger partial charge in [0.2, 0.25) is 0 Å². The Morgan fingerprint density at radius 1 is 1.45 bits per heavy atom. The Kier molecular flexibility index (Phi) is 2.48. The Balaban J connectivity index is 3.18.